The standard InChI is InChI=1S/C21H21N3O5S/c1-13-15(7-3-8-16(13)24(26)27)20(25)23(12-14-6-5-11-29-14)21-22-19-17(28-2)9-4-10-18(19)30-21/h3-4,7-10,14H,5-6,11-12H2,1-2H3. The Labute approximate surface area is 177 Å². The molecule has 8 nitrogen and oxygen atoms in total. The van der Waals surface area contributed by atoms with Crippen LogP contribution in [0.5, 0.6) is 5.75 Å². The molecule has 0 radical (unpaired) electrons. The van der Waals surface area contributed by atoms with Crippen molar-refractivity contribution in [2.75, 3.05) is 25.2 Å². The molecule has 0 bridgehead atoms. The second-order valence-electron chi connectivity index (χ2n) is 7.06. The monoisotopic (exact) mass is 427 g/mol. The average Bonchev–Trinajstić information content (AvgIpc) is 3.40. The fourth-order valence-electron chi connectivity index (χ4n) is 3.63. The van der Waals surface area contributed by atoms with Crippen molar-refractivity contribution in [2.45, 2.75) is 25.9 Å². The average molecular weight is 427 g/mol. The van der Waals surface area contributed by atoms with E-state index in [9.17, 15) is 14.9 Å². The summed E-state index contributed by atoms with van der Waals surface area (Å²) >= 11 is 1.38. The van der Waals surface area contributed by atoms with E-state index in [0.29, 0.717) is 35.1 Å². The van der Waals surface area contributed by atoms with Crippen LogP contribution in [-0.4, -0.2) is 42.2 Å². The first-order valence-corrected chi connectivity index (χ1v) is 10.4. The Kier molecular flexibility index (Phi) is 5.65. The minimum Gasteiger partial charge on any atom is -0.494 e. The Bertz CT molecular complexity index is 1110. The van der Waals surface area contributed by atoms with Crippen LogP contribution in [0.25, 0.3) is 10.2 Å². The second-order valence-corrected chi connectivity index (χ2v) is 8.07. The summed E-state index contributed by atoms with van der Waals surface area (Å²) < 4.78 is 12.0. The number of fused-ring (bicyclic) bond motifs is 1. The minimum atomic E-state index is -0.473. The molecule has 0 N–H and O–H groups in total. The summed E-state index contributed by atoms with van der Waals surface area (Å²) in [7, 11) is 1.58. The smallest absolute Gasteiger partial charge is 0.273 e. The highest BCUT2D eigenvalue weighted by atomic mass is 32.1. The molecule has 1 saturated heterocycles. The van der Waals surface area contributed by atoms with Crippen LogP contribution in [0.4, 0.5) is 10.8 Å². The number of rotatable bonds is 6. The second kappa shape index (κ2) is 8.37. The maximum Gasteiger partial charge on any atom is 0.273 e. The van der Waals surface area contributed by atoms with Gasteiger partial charge in [0.05, 0.1) is 29.4 Å². The van der Waals surface area contributed by atoms with E-state index in [1.807, 2.05) is 18.2 Å². The van der Waals surface area contributed by atoms with E-state index in [0.717, 1.165) is 17.5 Å². The zero-order valence-corrected chi connectivity index (χ0v) is 17.5. The van der Waals surface area contributed by atoms with Crippen LogP contribution in [0.1, 0.15) is 28.8 Å². The Morgan fingerprint density at radius 1 is 1.37 bits per heavy atom. The molecule has 1 aliphatic heterocycles. The number of hydrogen-bond donors (Lipinski definition) is 0. The van der Waals surface area contributed by atoms with Crippen molar-refractivity contribution < 1.29 is 19.2 Å². The Morgan fingerprint density at radius 3 is 2.87 bits per heavy atom. The van der Waals surface area contributed by atoms with Crippen LogP contribution in [0.15, 0.2) is 36.4 Å². The molecule has 0 saturated carbocycles. The predicted octanol–water partition coefficient (Wildman–Crippen LogP) is 4.35. The summed E-state index contributed by atoms with van der Waals surface area (Å²) in [5.41, 5.74) is 1.22. The van der Waals surface area contributed by atoms with Crippen LogP contribution < -0.4 is 9.64 Å². The zero-order valence-electron chi connectivity index (χ0n) is 16.7. The van der Waals surface area contributed by atoms with Gasteiger partial charge in [-0.15, -0.1) is 0 Å². The number of carbonyl (C=O) groups excluding carboxylic acids is 1. The molecule has 0 spiro atoms. The summed E-state index contributed by atoms with van der Waals surface area (Å²) in [6.07, 6.45) is 1.70. The molecule has 156 valence electrons. The fraction of sp³-hybridized carbons (Fsp3) is 0.333. The molecule has 3 aromatic rings. The summed E-state index contributed by atoms with van der Waals surface area (Å²) in [6.45, 7) is 2.59. The highest BCUT2D eigenvalue weighted by Gasteiger charge is 2.29. The highest BCUT2D eigenvalue weighted by molar-refractivity contribution is 7.22. The molecule has 1 amide bonds. The summed E-state index contributed by atoms with van der Waals surface area (Å²) in [5.74, 6) is 0.302. The lowest BCUT2D eigenvalue weighted by molar-refractivity contribution is -0.385. The van der Waals surface area contributed by atoms with Gasteiger partial charge in [-0.05, 0) is 38.0 Å². The fourth-order valence-corrected chi connectivity index (χ4v) is 4.62. The predicted molar refractivity (Wildman–Crippen MR) is 115 cm³/mol. The molecule has 2 aromatic carbocycles. The van der Waals surface area contributed by atoms with Crippen molar-refractivity contribution in [2.24, 2.45) is 0 Å². The van der Waals surface area contributed by atoms with Crippen molar-refractivity contribution in [3.63, 3.8) is 0 Å². The SMILES string of the molecule is COc1cccc2sc(N(CC3CCCO3)C(=O)c3cccc([N+](=O)[O-])c3C)nc12. The van der Waals surface area contributed by atoms with E-state index in [4.69, 9.17) is 9.47 Å². The molecule has 1 fully saturated rings. The number of thiazole rings is 1. The maximum atomic E-state index is 13.5. The van der Waals surface area contributed by atoms with Crippen LogP contribution in [-0.2, 0) is 4.74 Å². The van der Waals surface area contributed by atoms with Crippen LogP contribution in [0.2, 0.25) is 0 Å². The Hall–Kier alpha value is -3.04. The summed E-state index contributed by atoms with van der Waals surface area (Å²) in [6, 6.07) is 10.2. The normalized spacial score (nSPS) is 16.0. The van der Waals surface area contributed by atoms with Crippen molar-refractivity contribution in [1.82, 2.24) is 4.98 Å². The molecule has 1 aromatic heterocycles. The first-order chi connectivity index (χ1) is 14.5. The maximum absolute atomic E-state index is 13.5. The number of nitrogens with zero attached hydrogens (tertiary/aromatic N) is 3. The van der Waals surface area contributed by atoms with E-state index in [1.54, 1.807) is 25.0 Å². The van der Waals surface area contributed by atoms with Gasteiger partial charge >= 0.3 is 0 Å². The number of para-hydroxylation sites is 1. The number of hydrogen-bond acceptors (Lipinski definition) is 7. The lowest BCUT2D eigenvalue weighted by atomic mass is 10.1. The molecule has 9 heteroatoms. The lowest BCUT2D eigenvalue weighted by Crippen LogP contribution is -2.37. The van der Waals surface area contributed by atoms with Crippen molar-refractivity contribution >= 4 is 38.3 Å². The third kappa shape index (κ3) is 3.73. The molecule has 4 rings (SSSR count). The number of carbonyl (C=O) groups is 1. The molecule has 1 unspecified atom stereocenters. The third-order valence-corrected chi connectivity index (χ3v) is 6.25. The molecular weight excluding hydrogens is 406 g/mol. The van der Waals surface area contributed by atoms with Crippen LogP contribution in [0.3, 0.4) is 0 Å². The van der Waals surface area contributed by atoms with E-state index in [2.05, 4.69) is 4.98 Å². The van der Waals surface area contributed by atoms with E-state index in [1.165, 1.54) is 23.5 Å². The van der Waals surface area contributed by atoms with Crippen molar-refractivity contribution in [3.05, 3.63) is 57.6 Å². The Balaban J connectivity index is 1.78. The van der Waals surface area contributed by atoms with Crippen molar-refractivity contribution in [3.8, 4) is 5.75 Å². The zero-order chi connectivity index (χ0) is 21.3. The molecule has 30 heavy (non-hydrogen) atoms. The largest absolute Gasteiger partial charge is 0.494 e. The van der Waals surface area contributed by atoms with Gasteiger partial charge in [-0.2, -0.15) is 0 Å². The van der Waals surface area contributed by atoms with E-state index in [-0.39, 0.29) is 23.3 Å². The number of ether oxygens (including phenoxy) is 2. The van der Waals surface area contributed by atoms with Gasteiger partial charge in [0, 0.05) is 23.8 Å². The first kappa shape index (κ1) is 20.2. The molecule has 1 atom stereocenters. The summed E-state index contributed by atoms with van der Waals surface area (Å²) in [5, 5.41) is 11.9. The van der Waals surface area contributed by atoms with Gasteiger partial charge in [-0.3, -0.25) is 19.8 Å². The van der Waals surface area contributed by atoms with E-state index < -0.39 is 4.92 Å². The molecule has 2 heterocycles. The van der Waals surface area contributed by atoms with Crippen LogP contribution in [0, 0.1) is 17.0 Å². The van der Waals surface area contributed by atoms with Gasteiger partial charge in [-0.1, -0.05) is 23.5 Å². The molecular formula is C21H21N3O5S. The number of methoxy groups -OCH3 is 1. The van der Waals surface area contributed by atoms with Gasteiger partial charge in [0.1, 0.15) is 11.3 Å². The number of anilines is 1. The number of nitro groups is 1. The van der Waals surface area contributed by atoms with E-state index >= 15 is 0 Å². The quantitative estimate of drug-likeness (QED) is 0.429. The van der Waals surface area contributed by atoms with Gasteiger partial charge in [0.25, 0.3) is 11.6 Å². The van der Waals surface area contributed by atoms with Gasteiger partial charge in [0.2, 0.25) is 0 Å². The van der Waals surface area contributed by atoms with Gasteiger partial charge in [-0.25, -0.2) is 4.98 Å². The first-order valence-electron chi connectivity index (χ1n) is 9.60. The third-order valence-electron chi connectivity index (χ3n) is 5.21. The summed E-state index contributed by atoms with van der Waals surface area (Å²) in [4.78, 5) is 30.7. The van der Waals surface area contributed by atoms with Crippen molar-refractivity contribution in [1.29, 1.82) is 0 Å². The Morgan fingerprint density at radius 2 is 2.17 bits per heavy atom. The highest BCUT2D eigenvalue weighted by Crippen LogP contribution is 2.35. The minimum absolute atomic E-state index is 0.0797. The number of aromatic nitrogens is 1. The number of benzene rings is 2. The lowest BCUT2D eigenvalue weighted by Gasteiger charge is -2.23. The topological polar surface area (TPSA) is 94.8 Å². The van der Waals surface area contributed by atoms with Gasteiger partial charge < -0.3 is 9.47 Å². The van der Waals surface area contributed by atoms with Gasteiger partial charge in [0.15, 0.2) is 5.13 Å². The number of nitro benzene ring substituents is 1. The number of amides is 1. The van der Waals surface area contributed by atoms with Crippen LogP contribution >= 0.6 is 11.3 Å². The molecule has 0 aliphatic carbocycles. The molecule has 1 aliphatic rings.